The van der Waals surface area contributed by atoms with Crippen LogP contribution in [0.5, 0.6) is 0 Å². The molecule has 2 aromatic carbocycles. The van der Waals surface area contributed by atoms with Crippen LogP contribution in [0.25, 0.3) is 28.4 Å². The van der Waals surface area contributed by atoms with Crippen molar-refractivity contribution in [3.8, 4) is 22.6 Å². The first-order valence-electron chi connectivity index (χ1n) is 8.49. The monoisotopic (exact) mass is 365 g/mol. The van der Waals surface area contributed by atoms with Gasteiger partial charge in [-0.2, -0.15) is 4.98 Å². The van der Waals surface area contributed by atoms with Gasteiger partial charge in [-0.05, 0) is 32.9 Å². The molecule has 26 heavy (non-hydrogen) atoms. The quantitative estimate of drug-likeness (QED) is 0.521. The molecule has 2 N–H and O–H groups in total. The Kier molecular flexibility index (Phi) is 3.96. The standard InChI is InChI=1S/C20H20ClN5/c1-20(2,3)24-18-16(14-10-7-11-15(21)12-14)22-19-23-17(25-26(18)19)13-8-5-4-6-9-13/h4-12,24H,1-3H3,(H,22,23,25). The summed E-state index contributed by atoms with van der Waals surface area (Å²) in [5, 5.41) is 7.58. The lowest BCUT2D eigenvalue weighted by Crippen LogP contribution is -2.27. The topological polar surface area (TPSA) is 58.0 Å². The number of aromatic amines is 1. The summed E-state index contributed by atoms with van der Waals surface area (Å²) >= 11 is 6.18. The van der Waals surface area contributed by atoms with Crippen molar-refractivity contribution in [2.75, 3.05) is 5.32 Å². The lowest BCUT2D eigenvalue weighted by Gasteiger charge is -2.22. The number of aromatic nitrogens is 4. The fourth-order valence-electron chi connectivity index (χ4n) is 2.85. The van der Waals surface area contributed by atoms with Gasteiger partial charge in [0.15, 0.2) is 11.6 Å². The average Bonchev–Trinajstić information content (AvgIpc) is 3.14. The van der Waals surface area contributed by atoms with Gasteiger partial charge in [-0.1, -0.05) is 54.1 Å². The lowest BCUT2D eigenvalue weighted by molar-refractivity contribution is 0.627. The average molecular weight is 366 g/mol. The summed E-state index contributed by atoms with van der Waals surface area (Å²) in [6, 6.07) is 17.7. The molecule has 2 aromatic heterocycles. The third-order valence-electron chi connectivity index (χ3n) is 3.93. The Hall–Kier alpha value is -2.79. The predicted octanol–water partition coefficient (Wildman–Crippen LogP) is 5.26. The molecule has 2 heterocycles. The van der Waals surface area contributed by atoms with Gasteiger partial charge >= 0.3 is 0 Å². The van der Waals surface area contributed by atoms with Crippen LogP contribution in [-0.4, -0.2) is 25.1 Å². The number of nitrogens with one attached hydrogen (secondary N) is 2. The summed E-state index contributed by atoms with van der Waals surface area (Å²) in [4.78, 5) is 9.42. The van der Waals surface area contributed by atoms with E-state index in [1.807, 2.05) is 59.1 Å². The zero-order valence-corrected chi connectivity index (χ0v) is 15.7. The number of halogens is 1. The van der Waals surface area contributed by atoms with E-state index in [-0.39, 0.29) is 5.54 Å². The van der Waals surface area contributed by atoms with E-state index in [1.54, 1.807) is 0 Å². The Morgan fingerprint density at radius 3 is 2.38 bits per heavy atom. The van der Waals surface area contributed by atoms with E-state index in [9.17, 15) is 0 Å². The van der Waals surface area contributed by atoms with Crippen LogP contribution >= 0.6 is 11.6 Å². The number of H-pyrrole nitrogens is 1. The first-order chi connectivity index (χ1) is 12.4. The molecular formula is C20H20ClN5. The maximum atomic E-state index is 6.18. The Balaban J connectivity index is 1.89. The first kappa shape index (κ1) is 16.7. The zero-order chi connectivity index (χ0) is 18.3. The second kappa shape index (κ2) is 6.18. The van der Waals surface area contributed by atoms with Gasteiger partial charge in [0.1, 0.15) is 5.69 Å². The van der Waals surface area contributed by atoms with Crippen molar-refractivity contribution in [1.82, 2.24) is 19.6 Å². The van der Waals surface area contributed by atoms with Crippen molar-refractivity contribution in [1.29, 1.82) is 0 Å². The summed E-state index contributed by atoms with van der Waals surface area (Å²) < 4.78 is 1.89. The third-order valence-corrected chi connectivity index (χ3v) is 4.16. The zero-order valence-electron chi connectivity index (χ0n) is 14.9. The Morgan fingerprint density at radius 1 is 0.962 bits per heavy atom. The number of rotatable bonds is 3. The predicted molar refractivity (Wildman–Crippen MR) is 107 cm³/mol. The van der Waals surface area contributed by atoms with Crippen LogP contribution in [0, 0.1) is 0 Å². The SMILES string of the molecule is CC(C)(C)Nc1c(-c2cccc(Cl)c2)nc2nc(-c3ccccc3)[nH]n12. The number of anilines is 1. The van der Waals surface area contributed by atoms with E-state index in [0.717, 1.165) is 28.5 Å². The Bertz CT molecular complexity index is 1060. The lowest BCUT2D eigenvalue weighted by atomic mass is 10.1. The summed E-state index contributed by atoms with van der Waals surface area (Å²) in [7, 11) is 0. The van der Waals surface area contributed by atoms with Crippen molar-refractivity contribution in [3.63, 3.8) is 0 Å². The van der Waals surface area contributed by atoms with Crippen molar-refractivity contribution in [2.24, 2.45) is 0 Å². The third kappa shape index (κ3) is 3.18. The molecule has 0 amide bonds. The molecule has 0 saturated carbocycles. The van der Waals surface area contributed by atoms with E-state index in [4.69, 9.17) is 16.6 Å². The number of nitrogens with zero attached hydrogens (tertiary/aromatic N) is 3. The Morgan fingerprint density at radius 2 is 1.69 bits per heavy atom. The molecule has 4 aromatic rings. The van der Waals surface area contributed by atoms with E-state index in [2.05, 4.69) is 36.2 Å². The largest absolute Gasteiger partial charge is 0.364 e. The van der Waals surface area contributed by atoms with Crippen LogP contribution in [0.2, 0.25) is 5.02 Å². The van der Waals surface area contributed by atoms with E-state index >= 15 is 0 Å². The highest BCUT2D eigenvalue weighted by atomic mass is 35.5. The molecule has 0 saturated heterocycles. The van der Waals surface area contributed by atoms with Crippen LogP contribution in [0.3, 0.4) is 0 Å². The Labute approximate surface area is 157 Å². The number of hydrogen-bond acceptors (Lipinski definition) is 3. The van der Waals surface area contributed by atoms with Crippen LogP contribution in [0.4, 0.5) is 5.82 Å². The molecule has 0 aliphatic rings. The van der Waals surface area contributed by atoms with E-state index in [1.165, 1.54) is 0 Å². The van der Waals surface area contributed by atoms with Gasteiger partial charge in [-0.3, -0.25) is 5.10 Å². The first-order valence-corrected chi connectivity index (χ1v) is 8.86. The highest BCUT2D eigenvalue weighted by Gasteiger charge is 2.22. The molecule has 0 bridgehead atoms. The number of hydrogen-bond donors (Lipinski definition) is 2. The van der Waals surface area contributed by atoms with Gasteiger partial charge in [0.25, 0.3) is 5.78 Å². The number of imidazole rings is 1. The summed E-state index contributed by atoms with van der Waals surface area (Å²) in [5.41, 5.74) is 2.65. The molecule has 6 heteroatoms. The van der Waals surface area contributed by atoms with Gasteiger partial charge in [-0.25, -0.2) is 9.50 Å². The van der Waals surface area contributed by atoms with E-state index in [0.29, 0.717) is 10.8 Å². The second-order valence-corrected chi connectivity index (χ2v) is 7.70. The summed E-state index contributed by atoms with van der Waals surface area (Å²) in [6.07, 6.45) is 0. The minimum Gasteiger partial charge on any atom is -0.364 e. The van der Waals surface area contributed by atoms with Crippen molar-refractivity contribution >= 4 is 23.2 Å². The van der Waals surface area contributed by atoms with Crippen molar-refractivity contribution in [2.45, 2.75) is 26.3 Å². The fourth-order valence-corrected chi connectivity index (χ4v) is 3.04. The van der Waals surface area contributed by atoms with Crippen LogP contribution in [0.15, 0.2) is 54.6 Å². The number of fused-ring (bicyclic) bond motifs is 1. The minimum absolute atomic E-state index is 0.138. The van der Waals surface area contributed by atoms with Gasteiger partial charge in [0, 0.05) is 21.7 Å². The van der Waals surface area contributed by atoms with Gasteiger partial charge < -0.3 is 5.32 Å². The van der Waals surface area contributed by atoms with E-state index < -0.39 is 0 Å². The highest BCUT2D eigenvalue weighted by Crippen LogP contribution is 2.32. The summed E-state index contributed by atoms with van der Waals surface area (Å²) in [6.45, 7) is 6.34. The second-order valence-electron chi connectivity index (χ2n) is 7.27. The molecule has 132 valence electrons. The van der Waals surface area contributed by atoms with Gasteiger partial charge in [0.2, 0.25) is 0 Å². The number of benzene rings is 2. The maximum Gasteiger partial charge on any atom is 0.253 e. The molecule has 0 aliphatic heterocycles. The van der Waals surface area contributed by atoms with Gasteiger partial charge in [-0.15, -0.1) is 0 Å². The normalized spacial score (nSPS) is 11.8. The van der Waals surface area contributed by atoms with Crippen molar-refractivity contribution in [3.05, 3.63) is 59.6 Å². The molecular weight excluding hydrogens is 346 g/mol. The summed E-state index contributed by atoms with van der Waals surface area (Å²) in [5.74, 6) is 2.26. The van der Waals surface area contributed by atoms with Gasteiger partial charge in [0.05, 0.1) is 0 Å². The van der Waals surface area contributed by atoms with Crippen LogP contribution in [0.1, 0.15) is 20.8 Å². The molecule has 5 nitrogen and oxygen atoms in total. The molecule has 0 spiro atoms. The molecule has 0 aliphatic carbocycles. The maximum absolute atomic E-state index is 6.18. The van der Waals surface area contributed by atoms with Crippen LogP contribution in [-0.2, 0) is 0 Å². The molecule has 0 atom stereocenters. The molecule has 0 radical (unpaired) electrons. The fraction of sp³-hybridized carbons (Fsp3) is 0.200. The minimum atomic E-state index is -0.138. The smallest absolute Gasteiger partial charge is 0.253 e. The molecule has 0 fully saturated rings. The van der Waals surface area contributed by atoms with Crippen molar-refractivity contribution < 1.29 is 0 Å². The highest BCUT2D eigenvalue weighted by molar-refractivity contribution is 6.30. The molecule has 0 unspecified atom stereocenters. The van der Waals surface area contributed by atoms with Crippen LogP contribution < -0.4 is 5.32 Å². The molecule has 4 rings (SSSR count).